The fourth-order valence-corrected chi connectivity index (χ4v) is 3.21. The number of fused-ring (bicyclic) bond motifs is 1. The van der Waals surface area contributed by atoms with Gasteiger partial charge in [-0.25, -0.2) is 4.98 Å². The Balaban J connectivity index is 2.43. The lowest BCUT2D eigenvalue weighted by Crippen LogP contribution is -2.21. The highest BCUT2D eigenvalue weighted by molar-refractivity contribution is 7.71. The highest BCUT2D eigenvalue weighted by Gasteiger charge is 2.35. The number of hydrogen-bond donors (Lipinski definition) is 1. The van der Waals surface area contributed by atoms with Gasteiger partial charge in [0, 0.05) is 12.7 Å². The van der Waals surface area contributed by atoms with Crippen LogP contribution in [-0.4, -0.2) is 28.3 Å². The molecule has 5 nitrogen and oxygen atoms in total. The van der Waals surface area contributed by atoms with Crippen molar-refractivity contribution in [3.8, 4) is 11.3 Å². The molecule has 28 heavy (non-hydrogen) atoms. The Morgan fingerprint density at radius 3 is 2.54 bits per heavy atom. The summed E-state index contributed by atoms with van der Waals surface area (Å²) in [5.41, 5.74) is 0.506. The number of pyridine rings is 1. The quantitative estimate of drug-likeness (QED) is 0.649. The lowest BCUT2D eigenvalue weighted by molar-refractivity contribution is -0.136. The highest BCUT2D eigenvalue weighted by Crippen LogP contribution is 2.35. The number of hydrogen-bond acceptors (Lipinski definition) is 4. The summed E-state index contributed by atoms with van der Waals surface area (Å²) in [6.45, 7) is 4.14. The Kier molecular flexibility index (Phi) is 5.40. The van der Waals surface area contributed by atoms with E-state index in [2.05, 4.69) is 9.97 Å². The second-order valence-corrected chi connectivity index (χ2v) is 6.84. The maximum atomic E-state index is 13.8. The highest BCUT2D eigenvalue weighted by atomic mass is 32.1. The number of aromatic amines is 1. The number of nitrogens with zero attached hydrogens (tertiary/aromatic N) is 2. The van der Waals surface area contributed by atoms with E-state index in [4.69, 9.17) is 17.0 Å². The van der Waals surface area contributed by atoms with Crippen molar-refractivity contribution >= 4 is 23.3 Å². The Hall–Kier alpha value is -2.52. The molecule has 0 radical (unpaired) electrons. The van der Waals surface area contributed by atoms with E-state index in [1.165, 1.54) is 11.7 Å². The van der Waals surface area contributed by atoms with Gasteiger partial charge in [0.1, 0.15) is 5.65 Å². The smallest absolute Gasteiger partial charge is 0.383 e. The van der Waals surface area contributed by atoms with Gasteiger partial charge in [-0.15, -0.1) is 0 Å². The average molecular weight is 409 g/mol. The molecule has 1 aromatic carbocycles. The van der Waals surface area contributed by atoms with Gasteiger partial charge in [0.05, 0.1) is 29.8 Å². The molecule has 0 aliphatic carbocycles. The zero-order valence-electron chi connectivity index (χ0n) is 15.5. The van der Waals surface area contributed by atoms with Crippen molar-refractivity contribution in [3.05, 3.63) is 56.1 Å². The van der Waals surface area contributed by atoms with Crippen molar-refractivity contribution in [3.63, 3.8) is 0 Å². The van der Waals surface area contributed by atoms with E-state index in [1.807, 2.05) is 19.9 Å². The first-order valence-corrected chi connectivity index (χ1v) is 8.86. The molecule has 0 aliphatic heterocycles. The Morgan fingerprint density at radius 2 is 1.93 bits per heavy atom. The van der Waals surface area contributed by atoms with Crippen molar-refractivity contribution < 1.29 is 17.9 Å². The number of aryl methyl sites for hydroxylation is 2. The maximum Gasteiger partial charge on any atom is 0.417 e. The third kappa shape index (κ3) is 3.72. The molecule has 0 amide bonds. The topological polar surface area (TPSA) is 59.9 Å². The van der Waals surface area contributed by atoms with Crippen LogP contribution in [0.3, 0.4) is 0 Å². The molecule has 3 rings (SSSR count). The zero-order valence-corrected chi connectivity index (χ0v) is 16.3. The first-order valence-electron chi connectivity index (χ1n) is 8.45. The van der Waals surface area contributed by atoms with Crippen LogP contribution in [0.1, 0.15) is 16.7 Å². The molecule has 0 bridgehead atoms. The Morgan fingerprint density at radius 1 is 1.21 bits per heavy atom. The monoisotopic (exact) mass is 409 g/mol. The third-order valence-corrected chi connectivity index (χ3v) is 4.90. The molecular weight excluding hydrogens is 391 g/mol. The number of rotatable bonds is 4. The van der Waals surface area contributed by atoms with Crippen LogP contribution >= 0.6 is 12.2 Å². The number of alkyl halides is 3. The number of benzene rings is 1. The molecule has 148 valence electrons. The second-order valence-electron chi connectivity index (χ2n) is 6.45. The molecular formula is C19H18F3N3O2S. The van der Waals surface area contributed by atoms with Crippen molar-refractivity contribution in [2.45, 2.75) is 26.6 Å². The number of aromatic nitrogens is 3. The number of methoxy groups -OCH3 is 1. The maximum absolute atomic E-state index is 13.8. The minimum Gasteiger partial charge on any atom is -0.383 e. The Bertz CT molecular complexity index is 1170. The van der Waals surface area contributed by atoms with Crippen LogP contribution in [0.15, 0.2) is 29.1 Å². The molecule has 0 saturated heterocycles. The van der Waals surface area contributed by atoms with Crippen LogP contribution in [-0.2, 0) is 17.5 Å². The SMILES string of the molecule is COCCn1c(=S)[nH]c(=O)c2c(C(F)(F)F)cc(-c3ccc(C)c(C)c3)nc21. The number of nitrogens with one attached hydrogen (secondary N) is 1. The average Bonchev–Trinajstić information content (AvgIpc) is 2.62. The second kappa shape index (κ2) is 7.48. The first kappa shape index (κ1) is 20.2. The predicted octanol–water partition coefficient (Wildman–Crippen LogP) is 4.40. The van der Waals surface area contributed by atoms with E-state index < -0.39 is 22.7 Å². The van der Waals surface area contributed by atoms with Gasteiger partial charge in [0.2, 0.25) is 0 Å². The van der Waals surface area contributed by atoms with E-state index in [-0.39, 0.29) is 29.3 Å². The molecule has 9 heteroatoms. The van der Waals surface area contributed by atoms with Gasteiger partial charge < -0.3 is 9.30 Å². The molecule has 0 unspecified atom stereocenters. The zero-order chi connectivity index (χ0) is 20.6. The van der Waals surface area contributed by atoms with E-state index >= 15 is 0 Å². The minimum absolute atomic E-state index is 0.00703. The van der Waals surface area contributed by atoms with Crippen molar-refractivity contribution in [1.82, 2.24) is 14.5 Å². The van der Waals surface area contributed by atoms with Crippen molar-refractivity contribution in [1.29, 1.82) is 0 Å². The van der Waals surface area contributed by atoms with Gasteiger partial charge in [-0.05, 0) is 49.3 Å². The van der Waals surface area contributed by atoms with E-state index in [9.17, 15) is 18.0 Å². The molecule has 2 heterocycles. The number of ether oxygens (including phenoxy) is 1. The summed E-state index contributed by atoms with van der Waals surface area (Å²) in [6.07, 6.45) is -4.73. The summed E-state index contributed by atoms with van der Waals surface area (Å²) in [4.78, 5) is 19.0. The summed E-state index contributed by atoms with van der Waals surface area (Å²) in [6, 6.07) is 6.20. The van der Waals surface area contributed by atoms with Crippen LogP contribution < -0.4 is 5.56 Å². The number of halogens is 3. The molecule has 0 spiro atoms. The summed E-state index contributed by atoms with van der Waals surface area (Å²) < 4.78 is 47.7. The van der Waals surface area contributed by atoms with Gasteiger partial charge in [-0.2, -0.15) is 13.2 Å². The van der Waals surface area contributed by atoms with E-state index in [0.29, 0.717) is 5.56 Å². The molecule has 0 atom stereocenters. The van der Waals surface area contributed by atoms with Crippen molar-refractivity contribution in [2.75, 3.05) is 13.7 Å². The van der Waals surface area contributed by atoms with Crippen LogP contribution in [0.25, 0.3) is 22.3 Å². The standard InChI is InChI=1S/C19H18F3N3O2S/c1-10-4-5-12(8-11(10)2)14-9-13(19(20,21)22)15-16(23-14)25(6-7-27-3)18(28)24-17(15)26/h4-5,8-9H,6-7H2,1-3H3,(H,24,26,28). The lowest BCUT2D eigenvalue weighted by Gasteiger charge is -2.16. The van der Waals surface area contributed by atoms with Gasteiger partial charge in [0.15, 0.2) is 4.77 Å². The first-order chi connectivity index (χ1) is 13.1. The molecule has 3 aromatic rings. The Labute approximate surface area is 163 Å². The molecule has 1 N–H and O–H groups in total. The van der Waals surface area contributed by atoms with Gasteiger partial charge in [-0.1, -0.05) is 12.1 Å². The van der Waals surface area contributed by atoms with E-state index in [0.717, 1.165) is 17.2 Å². The van der Waals surface area contributed by atoms with Gasteiger partial charge in [-0.3, -0.25) is 9.78 Å². The van der Waals surface area contributed by atoms with Gasteiger partial charge in [0.25, 0.3) is 5.56 Å². The largest absolute Gasteiger partial charge is 0.417 e. The predicted molar refractivity (Wildman–Crippen MR) is 103 cm³/mol. The normalized spacial score (nSPS) is 11.9. The van der Waals surface area contributed by atoms with Crippen molar-refractivity contribution in [2.24, 2.45) is 0 Å². The third-order valence-electron chi connectivity index (χ3n) is 4.58. The lowest BCUT2D eigenvalue weighted by atomic mass is 10.0. The fourth-order valence-electron chi connectivity index (χ4n) is 2.94. The summed E-state index contributed by atoms with van der Waals surface area (Å²) in [5.74, 6) is 0. The summed E-state index contributed by atoms with van der Waals surface area (Å²) in [5, 5.41) is -0.537. The molecule has 2 aromatic heterocycles. The molecule has 0 fully saturated rings. The van der Waals surface area contributed by atoms with Crippen LogP contribution in [0, 0.1) is 18.6 Å². The minimum atomic E-state index is -4.73. The van der Waals surface area contributed by atoms with Crippen LogP contribution in [0.4, 0.5) is 13.2 Å². The molecule has 0 saturated carbocycles. The summed E-state index contributed by atoms with van der Waals surface area (Å²) >= 11 is 5.15. The van der Waals surface area contributed by atoms with Gasteiger partial charge >= 0.3 is 6.18 Å². The summed E-state index contributed by atoms with van der Waals surface area (Å²) in [7, 11) is 1.46. The molecule has 0 aliphatic rings. The number of H-pyrrole nitrogens is 1. The van der Waals surface area contributed by atoms with Crippen LogP contribution in [0.2, 0.25) is 0 Å². The van der Waals surface area contributed by atoms with E-state index in [1.54, 1.807) is 12.1 Å². The fraction of sp³-hybridized carbons (Fsp3) is 0.316. The van der Waals surface area contributed by atoms with Crippen LogP contribution in [0.5, 0.6) is 0 Å².